The first-order valence-electron chi connectivity index (χ1n) is 14.2. The standard InChI is InChI=1S/C31H37N9O2/c1-7-12-39-29(41)23-16-32-30(36-28(23)40(39)27-10-8-9-26(35-27)31(4,5)42)34-21-14-24-22(11-13-37(24)6)25(15-21)38-17-19(2)33-20(3)18-38/h7-11,13-16,19-20,33,42H,1,12,17-18H2,2-6H3,(H,32,34,36)/t19-,20-/m0/s1. The molecule has 4 aromatic heterocycles. The Hall–Kier alpha value is -4.48. The summed E-state index contributed by atoms with van der Waals surface area (Å²) in [5.74, 6) is 0.815. The molecular weight excluding hydrogens is 530 g/mol. The first kappa shape index (κ1) is 27.7. The van der Waals surface area contributed by atoms with E-state index in [0.29, 0.717) is 40.6 Å². The van der Waals surface area contributed by atoms with Gasteiger partial charge in [0.05, 0.1) is 17.8 Å². The molecule has 1 aliphatic heterocycles. The van der Waals surface area contributed by atoms with E-state index in [2.05, 4.69) is 74.9 Å². The molecule has 0 aliphatic carbocycles. The van der Waals surface area contributed by atoms with Crippen LogP contribution in [0.4, 0.5) is 17.3 Å². The molecule has 5 aromatic rings. The molecule has 1 saturated heterocycles. The third kappa shape index (κ3) is 4.94. The number of hydrogen-bond acceptors (Lipinski definition) is 8. The van der Waals surface area contributed by atoms with Gasteiger partial charge in [-0.15, -0.1) is 6.58 Å². The highest BCUT2D eigenvalue weighted by Gasteiger charge is 2.25. The first-order valence-corrected chi connectivity index (χ1v) is 14.2. The van der Waals surface area contributed by atoms with Gasteiger partial charge in [-0.1, -0.05) is 12.1 Å². The molecule has 0 saturated carbocycles. The highest BCUT2D eigenvalue weighted by atomic mass is 16.3. The van der Waals surface area contributed by atoms with E-state index in [1.54, 1.807) is 49.0 Å². The van der Waals surface area contributed by atoms with Gasteiger partial charge >= 0.3 is 0 Å². The molecule has 42 heavy (non-hydrogen) atoms. The summed E-state index contributed by atoms with van der Waals surface area (Å²) in [6.45, 7) is 13.6. The van der Waals surface area contributed by atoms with Gasteiger partial charge in [0.25, 0.3) is 5.56 Å². The van der Waals surface area contributed by atoms with Crippen molar-refractivity contribution in [1.29, 1.82) is 0 Å². The normalized spacial score (nSPS) is 17.7. The molecule has 1 aromatic carbocycles. The molecule has 1 fully saturated rings. The Balaban J connectivity index is 1.46. The number of nitrogens with zero attached hydrogens (tertiary/aromatic N) is 7. The minimum absolute atomic E-state index is 0.249. The number of aryl methyl sites for hydroxylation is 1. The van der Waals surface area contributed by atoms with Crippen molar-refractivity contribution in [1.82, 2.24) is 34.2 Å². The molecule has 0 spiro atoms. The Bertz CT molecular complexity index is 1850. The second-order valence-electron chi connectivity index (χ2n) is 11.7. The fraction of sp³-hybridized carbons (Fsp3) is 0.355. The average Bonchev–Trinajstić information content (AvgIpc) is 3.44. The number of hydrogen-bond donors (Lipinski definition) is 3. The summed E-state index contributed by atoms with van der Waals surface area (Å²) in [7, 11) is 2.04. The zero-order chi connectivity index (χ0) is 29.8. The quantitative estimate of drug-likeness (QED) is 0.254. The van der Waals surface area contributed by atoms with Gasteiger partial charge in [0.15, 0.2) is 11.5 Å². The number of pyridine rings is 1. The second kappa shape index (κ2) is 10.4. The van der Waals surface area contributed by atoms with Crippen LogP contribution in [0.5, 0.6) is 0 Å². The number of fused-ring (bicyclic) bond motifs is 2. The average molecular weight is 568 g/mol. The smallest absolute Gasteiger partial charge is 0.278 e. The summed E-state index contributed by atoms with van der Waals surface area (Å²) < 4.78 is 5.29. The lowest BCUT2D eigenvalue weighted by molar-refractivity contribution is 0.0738. The lowest BCUT2D eigenvalue weighted by atomic mass is 10.1. The number of rotatable bonds is 7. The fourth-order valence-electron chi connectivity index (χ4n) is 5.83. The summed E-state index contributed by atoms with van der Waals surface area (Å²) in [5.41, 5.74) is 2.57. The van der Waals surface area contributed by atoms with E-state index in [0.717, 1.165) is 30.0 Å². The summed E-state index contributed by atoms with van der Waals surface area (Å²) in [6.07, 6.45) is 5.27. The Morgan fingerprint density at radius 1 is 1.14 bits per heavy atom. The Morgan fingerprint density at radius 3 is 2.62 bits per heavy atom. The number of nitrogens with one attached hydrogen (secondary N) is 2. The number of aromatic nitrogens is 6. The molecule has 0 amide bonds. The van der Waals surface area contributed by atoms with Gasteiger partial charge in [-0.3, -0.25) is 4.79 Å². The molecule has 0 unspecified atom stereocenters. The molecule has 11 nitrogen and oxygen atoms in total. The van der Waals surface area contributed by atoms with E-state index in [1.807, 2.05) is 7.05 Å². The van der Waals surface area contributed by atoms with Crippen LogP contribution in [0.3, 0.4) is 0 Å². The molecule has 2 atom stereocenters. The van der Waals surface area contributed by atoms with Gasteiger partial charge in [0.1, 0.15) is 11.0 Å². The van der Waals surface area contributed by atoms with Crippen LogP contribution >= 0.6 is 0 Å². The van der Waals surface area contributed by atoms with Gasteiger partial charge < -0.3 is 25.2 Å². The zero-order valence-electron chi connectivity index (χ0n) is 24.7. The third-order valence-corrected chi connectivity index (χ3v) is 7.69. The maximum Gasteiger partial charge on any atom is 0.278 e. The molecular formula is C31H37N9O2. The predicted octanol–water partition coefficient (Wildman–Crippen LogP) is 3.81. The summed E-state index contributed by atoms with van der Waals surface area (Å²) in [6, 6.07) is 12.5. The molecule has 0 bridgehead atoms. The second-order valence-corrected chi connectivity index (χ2v) is 11.7. The maximum atomic E-state index is 13.4. The van der Waals surface area contributed by atoms with E-state index >= 15 is 0 Å². The lowest BCUT2D eigenvalue weighted by Crippen LogP contribution is -2.54. The molecule has 6 rings (SSSR count). The minimum atomic E-state index is -1.16. The summed E-state index contributed by atoms with van der Waals surface area (Å²) in [5, 5.41) is 19.1. The maximum absolute atomic E-state index is 13.4. The number of allylic oxidation sites excluding steroid dienone is 1. The van der Waals surface area contributed by atoms with Crippen molar-refractivity contribution in [3.63, 3.8) is 0 Å². The van der Waals surface area contributed by atoms with Crippen LogP contribution in [-0.2, 0) is 19.2 Å². The lowest BCUT2D eigenvalue weighted by Gasteiger charge is -2.38. The number of benzene rings is 1. The molecule has 5 heterocycles. The van der Waals surface area contributed by atoms with E-state index in [1.165, 1.54) is 10.1 Å². The number of aliphatic hydroxyl groups is 1. The van der Waals surface area contributed by atoms with Crippen molar-refractivity contribution in [2.75, 3.05) is 23.3 Å². The monoisotopic (exact) mass is 567 g/mol. The molecule has 11 heteroatoms. The van der Waals surface area contributed by atoms with E-state index in [4.69, 9.17) is 4.98 Å². The molecule has 3 N–H and O–H groups in total. The third-order valence-electron chi connectivity index (χ3n) is 7.69. The largest absolute Gasteiger partial charge is 0.384 e. The highest BCUT2D eigenvalue weighted by Crippen LogP contribution is 2.34. The minimum Gasteiger partial charge on any atom is -0.384 e. The van der Waals surface area contributed by atoms with Gasteiger partial charge in [-0.2, -0.15) is 4.98 Å². The Morgan fingerprint density at radius 2 is 1.90 bits per heavy atom. The van der Waals surface area contributed by atoms with Crippen molar-refractivity contribution in [3.8, 4) is 5.82 Å². The van der Waals surface area contributed by atoms with Crippen molar-refractivity contribution in [2.24, 2.45) is 7.05 Å². The Labute approximate surface area is 244 Å². The van der Waals surface area contributed by atoms with Crippen LogP contribution in [-0.4, -0.2) is 59.2 Å². The fourth-order valence-corrected chi connectivity index (χ4v) is 5.83. The van der Waals surface area contributed by atoms with Gasteiger partial charge in [-0.05, 0) is 58.0 Å². The molecule has 1 aliphatic rings. The van der Waals surface area contributed by atoms with Crippen molar-refractivity contribution in [2.45, 2.75) is 51.9 Å². The van der Waals surface area contributed by atoms with Crippen LogP contribution in [0.15, 0.2) is 66.2 Å². The first-order chi connectivity index (χ1) is 20.0. The molecule has 218 valence electrons. The van der Waals surface area contributed by atoms with Gasteiger partial charge in [0, 0.05) is 61.4 Å². The van der Waals surface area contributed by atoms with Crippen LogP contribution < -0.4 is 21.1 Å². The van der Waals surface area contributed by atoms with Crippen LogP contribution in [0.2, 0.25) is 0 Å². The van der Waals surface area contributed by atoms with Crippen molar-refractivity contribution >= 4 is 39.3 Å². The number of anilines is 3. The predicted molar refractivity (Wildman–Crippen MR) is 167 cm³/mol. The number of piperazine rings is 1. The van der Waals surface area contributed by atoms with E-state index in [9.17, 15) is 9.90 Å². The van der Waals surface area contributed by atoms with Crippen molar-refractivity contribution < 1.29 is 5.11 Å². The summed E-state index contributed by atoms with van der Waals surface area (Å²) in [4.78, 5) is 29.8. The summed E-state index contributed by atoms with van der Waals surface area (Å²) >= 11 is 0. The van der Waals surface area contributed by atoms with Crippen LogP contribution in [0, 0.1) is 0 Å². The Kier molecular flexibility index (Phi) is 6.86. The van der Waals surface area contributed by atoms with Crippen molar-refractivity contribution in [3.05, 3.63) is 77.5 Å². The van der Waals surface area contributed by atoms with Gasteiger partial charge in [-0.25, -0.2) is 19.3 Å². The van der Waals surface area contributed by atoms with Gasteiger partial charge in [0.2, 0.25) is 5.95 Å². The molecule has 0 radical (unpaired) electrons. The SMILES string of the molecule is C=CCn1c(=O)c2cnc(Nc3cc(N4C[C@H](C)N[C@@H](C)C4)c4ccn(C)c4c3)nc2n1-c1cccc(C(C)(C)O)n1. The van der Waals surface area contributed by atoms with E-state index in [-0.39, 0.29) is 12.1 Å². The zero-order valence-corrected chi connectivity index (χ0v) is 24.7. The van der Waals surface area contributed by atoms with Crippen LogP contribution in [0.1, 0.15) is 33.4 Å². The highest BCUT2D eigenvalue weighted by molar-refractivity contribution is 5.96. The topological polar surface area (TPSA) is 118 Å². The van der Waals surface area contributed by atoms with E-state index < -0.39 is 5.60 Å². The van der Waals surface area contributed by atoms with Crippen LogP contribution in [0.25, 0.3) is 27.8 Å².